The zero-order valence-corrected chi connectivity index (χ0v) is 12.8. The van der Waals surface area contributed by atoms with Crippen LogP contribution < -0.4 is 10.5 Å². The van der Waals surface area contributed by atoms with Gasteiger partial charge in [0.05, 0.1) is 24.8 Å². The molecule has 0 aliphatic rings. The fourth-order valence-electron chi connectivity index (χ4n) is 1.91. The number of ether oxygens (including phenoxy) is 2. The maximum atomic E-state index is 13.9. The molecule has 0 radical (unpaired) electrons. The Morgan fingerprint density at radius 2 is 2.10 bits per heavy atom. The van der Waals surface area contributed by atoms with Crippen LogP contribution in [0.1, 0.15) is 15.9 Å². The summed E-state index contributed by atoms with van der Waals surface area (Å²) in [7, 11) is 2.60. The number of rotatable bonds is 3. The van der Waals surface area contributed by atoms with E-state index in [1.165, 1.54) is 26.4 Å². The molecule has 114 valence electrons. The highest BCUT2D eigenvalue weighted by Gasteiger charge is 2.19. The number of methoxy groups -OCH3 is 2. The molecule has 0 aliphatic carbocycles. The molecule has 2 aromatic rings. The van der Waals surface area contributed by atoms with Crippen molar-refractivity contribution in [2.45, 2.75) is 6.54 Å². The van der Waals surface area contributed by atoms with E-state index in [1.54, 1.807) is 0 Å². The third-order valence-electron chi connectivity index (χ3n) is 2.86. The van der Waals surface area contributed by atoms with Crippen LogP contribution in [-0.4, -0.2) is 25.2 Å². The van der Waals surface area contributed by atoms with Crippen LogP contribution in [0.15, 0.2) is 12.1 Å². The van der Waals surface area contributed by atoms with E-state index in [1.807, 2.05) is 0 Å². The second-order valence-electron chi connectivity index (χ2n) is 3.96. The number of esters is 1. The average molecular weight is 335 g/mol. The van der Waals surface area contributed by atoms with Crippen LogP contribution in [0.2, 0.25) is 5.02 Å². The van der Waals surface area contributed by atoms with Crippen molar-refractivity contribution in [1.82, 2.24) is 4.98 Å². The number of nitrogens with zero attached hydrogens (tertiary/aromatic N) is 1. The van der Waals surface area contributed by atoms with Crippen LogP contribution in [0.5, 0.6) is 5.88 Å². The molecule has 0 aliphatic heterocycles. The largest absolute Gasteiger partial charge is 0.480 e. The van der Waals surface area contributed by atoms with Crippen LogP contribution in [0.3, 0.4) is 0 Å². The minimum Gasteiger partial charge on any atom is -0.480 e. The van der Waals surface area contributed by atoms with E-state index in [-0.39, 0.29) is 41.0 Å². The van der Waals surface area contributed by atoms with Crippen molar-refractivity contribution >= 4 is 40.9 Å². The van der Waals surface area contributed by atoms with Gasteiger partial charge in [-0.15, -0.1) is 12.4 Å². The molecule has 2 rings (SSSR count). The van der Waals surface area contributed by atoms with Gasteiger partial charge < -0.3 is 15.2 Å². The molecule has 21 heavy (non-hydrogen) atoms. The highest BCUT2D eigenvalue weighted by atomic mass is 35.5. The van der Waals surface area contributed by atoms with Crippen LogP contribution in [-0.2, 0) is 11.3 Å². The van der Waals surface area contributed by atoms with E-state index >= 15 is 0 Å². The van der Waals surface area contributed by atoms with Crippen molar-refractivity contribution in [3.8, 4) is 5.88 Å². The molecule has 0 amide bonds. The van der Waals surface area contributed by atoms with Crippen molar-refractivity contribution in [1.29, 1.82) is 0 Å². The molecule has 0 atom stereocenters. The minimum atomic E-state index is -0.623. The number of hydrogen-bond acceptors (Lipinski definition) is 5. The fourth-order valence-corrected chi connectivity index (χ4v) is 2.14. The van der Waals surface area contributed by atoms with Gasteiger partial charge in [-0.05, 0) is 12.1 Å². The molecule has 1 aromatic carbocycles. The number of benzene rings is 1. The van der Waals surface area contributed by atoms with Gasteiger partial charge in [-0.1, -0.05) is 11.6 Å². The number of carbonyl (C=O) groups is 1. The molecular weight excluding hydrogens is 322 g/mol. The topological polar surface area (TPSA) is 74.4 Å². The zero-order chi connectivity index (χ0) is 14.9. The van der Waals surface area contributed by atoms with Crippen molar-refractivity contribution in [3.63, 3.8) is 0 Å². The third kappa shape index (κ3) is 3.02. The highest BCUT2D eigenvalue weighted by molar-refractivity contribution is 6.31. The molecule has 0 spiro atoms. The van der Waals surface area contributed by atoms with E-state index in [0.29, 0.717) is 10.9 Å². The Morgan fingerprint density at radius 1 is 1.43 bits per heavy atom. The lowest BCUT2D eigenvalue weighted by Gasteiger charge is -2.11. The number of aromatic nitrogens is 1. The number of hydrogen-bond donors (Lipinski definition) is 1. The Labute approximate surface area is 131 Å². The first-order valence-corrected chi connectivity index (χ1v) is 6.05. The Kier molecular flexibility index (Phi) is 5.71. The summed E-state index contributed by atoms with van der Waals surface area (Å²) in [6, 6.07) is 2.86. The van der Waals surface area contributed by atoms with Crippen LogP contribution in [0, 0.1) is 5.82 Å². The number of pyridine rings is 1. The SMILES string of the molecule is COC(=O)c1cc2cc(Cl)c(F)c(CN)c2nc1OC.Cl. The molecule has 0 fully saturated rings. The summed E-state index contributed by atoms with van der Waals surface area (Å²) in [5, 5.41) is 0.402. The van der Waals surface area contributed by atoms with Gasteiger partial charge in [-0.2, -0.15) is 0 Å². The molecule has 8 heteroatoms. The van der Waals surface area contributed by atoms with Crippen LogP contribution in [0.4, 0.5) is 4.39 Å². The molecule has 0 bridgehead atoms. The van der Waals surface area contributed by atoms with Crippen molar-refractivity contribution in [2.75, 3.05) is 14.2 Å². The summed E-state index contributed by atoms with van der Waals surface area (Å²) >= 11 is 5.81. The number of nitrogens with two attached hydrogens (primary N) is 1. The van der Waals surface area contributed by atoms with E-state index in [9.17, 15) is 9.18 Å². The van der Waals surface area contributed by atoms with E-state index in [4.69, 9.17) is 22.1 Å². The maximum absolute atomic E-state index is 13.9. The van der Waals surface area contributed by atoms with E-state index < -0.39 is 11.8 Å². The predicted octanol–water partition coefficient (Wildman–Crippen LogP) is 2.70. The second-order valence-corrected chi connectivity index (χ2v) is 4.37. The average Bonchev–Trinajstić information content (AvgIpc) is 2.46. The summed E-state index contributed by atoms with van der Waals surface area (Å²) < 4.78 is 23.6. The van der Waals surface area contributed by atoms with E-state index in [2.05, 4.69) is 9.72 Å². The lowest BCUT2D eigenvalue weighted by molar-refractivity contribution is 0.0596. The normalized spacial score (nSPS) is 10.1. The first-order chi connectivity index (χ1) is 9.53. The molecule has 0 saturated carbocycles. The molecule has 1 heterocycles. The Balaban J connectivity index is 0.00000220. The third-order valence-corrected chi connectivity index (χ3v) is 3.14. The van der Waals surface area contributed by atoms with Gasteiger partial charge in [0.15, 0.2) is 0 Å². The summed E-state index contributed by atoms with van der Waals surface area (Å²) in [5.41, 5.74) is 6.14. The predicted molar refractivity (Wildman–Crippen MR) is 79.7 cm³/mol. The van der Waals surface area contributed by atoms with Crippen LogP contribution >= 0.6 is 24.0 Å². The zero-order valence-electron chi connectivity index (χ0n) is 11.3. The maximum Gasteiger partial charge on any atom is 0.343 e. The van der Waals surface area contributed by atoms with Crippen molar-refractivity contribution < 1.29 is 18.7 Å². The van der Waals surface area contributed by atoms with Crippen LogP contribution in [0.25, 0.3) is 10.9 Å². The molecule has 5 nitrogen and oxygen atoms in total. The molecule has 0 saturated heterocycles. The molecule has 1 aromatic heterocycles. The van der Waals surface area contributed by atoms with Gasteiger partial charge in [0.2, 0.25) is 5.88 Å². The van der Waals surface area contributed by atoms with Gasteiger partial charge in [0, 0.05) is 17.5 Å². The second kappa shape index (κ2) is 6.89. The monoisotopic (exact) mass is 334 g/mol. The summed E-state index contributed by atoms with van der Waals surface area (Å²) in [4.78, 5) is 15.8. The van der Waals surface area contributed by atoms with Crippen molar-refractivity contribution in [3.05, 3.63) is 34.1 Å². The standard InChI is InChI=1S/C13H12ClFN2O3.ClH/c1-19-12-7(13(18)20-2)3-6-4-9(14)10(15)8(5-16)11(6)17-12;/h3-4H,5,16H2,1-2H3;1H. The van der Waals surface area contributed by atoms with Gasteiger partial charge >= 0.3 is 5.97 Å². The summed E-state index contributed by atoms with van der Waals surface area (Å²) in [5.74, 6) is -1.19. The smallest absolute Gasteiger partial charge is 0.343 e. The molecule has 0 unspecified atom stereocenters. The van der Waals surface area contributed by atoms with Crippen molar-refractivity contribution in [2.24, 2.45) is 5.73 Å². The lowest BCUT2D eigenvalue weighted by Crippen LogP contribution is -2.08. The summed E-state index contributed by atoms with van der Waals surface area (Å²) in [6.07, 6.45) is 0. The summed E-state index contributed by atoms with van der Waals surface area (Å²) in [6.45, 7) is -0.0728. The van der Waals surface area contributed by atoms with Gasteiger partial charge in [-0.25, -0.2) is 14.2 Å². The first kappa shape index (κ1) is 17.4. The number of fused-ring (bicyclic) bond motifs is 1. The fraction of sp³-hybridized carbons (Fsp3) is 0.231. The highest BCUT2D eigenvalue weighted by Crippen LogP contribution is 2.30. The Morgan fingerprint density at radius 3 is 2.62 bits per heavy atom. The van der Waals surface area contributed by atoms with Gasteiger partial charge in [0.25, 0.3) is 0 Å². The number of carbonyl (C=O) groups excluding carboxylic acids is 1. The Hall–Kier alpha value is -1.63. The molecule has 2 N–H and O–H groups in total. The minimum absolute atomic E-state index is 0. The Bertz CT molecular complexity index is 695. The van der Waals surface area contributed by atoms with Gasteiger partial charge in [0.1, 0.15) is 11.4 Å². The van der Waals surface area contributed by atoms with E-state index in [0.717, 1.165) is 0 Å². The quantitative estimate of drug-likeness (QED) is 0.873. The lowest BCUT2D eigenvalue weighted by atomic mass is 10.1. The number of halogens is 3. The molecular formula is C13H13Cl2FN2O3. The van der Waals surface area contributed by atoms with Gasteiger partial charge in [-0.3, -0.25) is 0 Å². The first-order valence-electron chi connectivity index (χ1n) is 5.67.